The van der Waals surface area contributed by atoms with E-state index in [0.717, 1.165) is 91.4 Å². The van der Waals surface area contributed by atoms with Crippen LogP contribution in [0.3, 0.4) is 0 Å². The first-order chi connectivity index (χ1) is 31.2. The molecule has 2 aliphatic heterocycles. The van der Waals surface area contributed by atoms with Crippen molar-refractivity contribution in [2.45, 2.75) is 38.5 Å². The van der Waals surface area contributed by atoms with Crippen molar-refractivity contribution >= 4 is 23.9 Å². The standard InChI is InChI=1S/C44H84N6O14/c1-45-19-23-49(24-20-45)13-5-11-47(15-7-41(51)61-37-28-56-4)16-9-43(53)63-39-35-59-32-30-58-31-33-60-36-40-64-44(54)10-18-48(12-6-14-50-25-21-46(2)22-26-50)17-8-42(52)62-38-34-57-29-27-55-3/h5-40H2,1-4H3. The van der Waals surface area contributed by atoms with Gasteiger partial charge in [-0.1, -0.05) is 0 Å². The third-order valence-corrected chi connectivity index (χ3v) is 10.8. The fourth-order valence-electron chi connectivity index (χ4n) is 6.80. The molecular weight excluding hydrogens is 837 g/mol. The number of rotatable bonds is 41. The van der Waals surface area contributed by atoms with Gasteiger partial charge in [0.15, 0.2) is 0 Å². The maximum Gasteiger partial charge on any atom is 0.307 e. The number of carbonyl (C=O) groups excluding carboxylic acids is 4. The molecule has 0 N–H and O–H groups in total. The largest absolute Gasteiger partial charge is 0.463 e. The number of hydrogen-bond acceptors (Lipinski definition) is 20. The van der Waals surface area contributed by atoms with Crippen molar-refractivity contribution < 1.29 is 66.5 Å². The highest BCUT2D eigenvalue weighted by molar-refractivity contribution is 5.71. The zero-order valence-corrected chi connectivity index (χ0v) is 39.9. The van der Waals surface area contributed by atoms with Crippen LogP contribution in [0.5, 0.6) is 0 Å². The first-order valence-electron chi connectivity index (χ1n) is 23.4. The number of methoxy groups -OCH3 is 2. The average molecular weight is 921 g/mol. The van der Waals surface area contributed by atoms with Crippen LogP contribution in [0, 0.1) is 0 Å². The van der Waals surface area contributed by atoms with Crippen LogP contribution in [-0.4, -0.2) is 279 Å². The molecule has 0 aliphatic carbocycles. The van der Waals surface area contributed by atoms with Gasteiger partial charge in [0.05, 0.1) is 91.8 Å². The van der Waals surface area contributed by atoms with Crippen LogP contribution in [0.1, 0.15) is 38.5 Å². The normalized spacial score (nSPS) is 15.5. The molecule has 2 aliphatic rings. The van der Waals surface area contributed by atoms with Gasteiger partial charge in [0.2, 0.25) is 0 Å². The van der Waals surface area contributed by atoms with E-state index in [-0.39, 0.29) is 89.2 Å². The summed E-state index contributed by atoms with van der Waals surface area (Å²) in [7, 11) is 7.45. The van der Waals surface area contributed by atoms with Crippen molar-refractivity contribution in [1.82, 2.24) is 29.4 Å². The summed E-state index contributed by atoms with van der Waals surface area (Å²) in [6.07, 6.45) is 2.81. The maximum atomic E-state index is 12.5. The minimum atomic E-state index is -0.315. The van der Waals surface area contributed by atoms with Gasteiger partial charge in [-0.3, -0.25) is 19.2 Å². The molecule has 0 aromatic carbocycles. The van der Waals surface area contributed by atoms with Gasteiger partial charge in [0, 0.05) is 92.8 Å². The smallest absolute Gasteiger partial charge is 0.307 e. The van der Waals surface area contributed by atoms with Gasteiger partial charge in [-0.2, -0.15) is 0 Å². The number of ether oxygens (including phenoxy) is 10. The summed E-state index contributed by atoms with van der Waals surface area (Å²) >= 11 is 0. The van der Waals surface area contributed by atoms with Gasteiger partial charge < -0.3 is 76.8 Å². The van der Waals surface area contributed by atoms with E-state index in [1.54, 1.807) is 14.2 Å². The number of piperazine rings is 2. The Hall–Kier alpha value is -2.60. The molecule has 0 amide bonds. The van der Waals surface area contributed by atoms with Crippen molar-refractivity contribution in [2.24, 2.45) is 0 Å². The number of hydrogen-bond donors (Lipinski definition) is 0. The zero-order valence-electron chi connectivity index (χ0n) is 39.9. The summed E-state index contributed by atoms with van der Waals surface area (Å²) in [5.41, 5.74) is 0. The Morgan fingerprint density at radius 1 is 0.375 bits per heavy atom. The quantitative estimate of drug-likeness (QED) is 0.0453. The van der Waals surface area contributed by atoms with Crippen molar-refractivity contribution in [3.05, 3.63) is 0 Å². The third kappa shape index (κ3) is 33.0. The van der Waals surface area contributed by atoms with E-state index >= 15 is 0 Å². The summed E-state index contributed by atoms with van der Waals surface area (Å²) in [5, 5.41) is 0. The minimum Gasteiger partial charge on any atom is -0.463 e. The second-order valence-corrected chi connectivity index (χ2v) is 16.0. The van der Waals surface area contributed by atoms with E-state index in [4.69, 9.17) is 47.4 Å². The fourth-order valence-corrected chi connectivity index (χ4v) is 6.80. The second-order valence-electron chi connectivity index (χ2n) is 16.0. The lowest BCUT2D eigenvalue weighted by Gasteiger charge is -2.33. The summed E-state index contributed by atoms with van der Waals surface area (Å²) in [6.45, 7) is 18.2. The van der Waals surface area contributed by atoms with Crippen molar-refractivity contribution in [3.8, 4) is 0 Å². The van der Waals surface area contributed by atoms with E-state index in [1.165, 1.54) is 0 Å². The van der Waals surface area contributed by atoms with Crippen molar-refractivity contribution in [3.63, 3.8) is 0 Å². The molecule has 2 saturated heterocycles. The topological polar surface area (TPSA) is 180 Å². The molecule has 0 spiro atoms. The lowest BCUT2D eigenvalue weighted by atomic mass is 10.2. The van der Waals surface area contributed by atoms with Crippen molar-refractivity contribution in [2.75, 3.05) is 226 Å². The first-order valence-corrected chi connectivity index (χ1v) is 23.4. The van der Waals surface area contributed by atoms with Crippen LogP contribution in [-0.2, 0) is 66.5 Å². The lowest BCUT2D eigenvalue weighted by molar-refractivity contribution is -0.147. The molecular formula is C44H84N6O14. The van der Waals surface area contributed by atoms with Gasteiger partial charge in [-0.25, -0.2) is 0 Å². The lowest BCUT2D eigenvalue weighted by Crippen LogP contribution is -2.45. The predicted molar refractivity (Wildman–Crippen MR) is 239 cm³/mol. The number of esters is 4. The van der Waals surface area contributed by atoms with Gasteiger partial charge in [-0.15, -0.1) is 0 Å². The Kier molecular flexibility index (Phi) is 35.6. The molecule has 374 valence electrons. The molecule has 20 nitrogen and oxygen atoms in total. The minimum absolute atomic E-state index is 0.141. The van der Waals surface area contributed by atoms with Gasteiger partial charge in [-0.05, 0) is 53.1 Å². The van der Waals surface area contributed by atoms with E-state index in [0.29, 0.717) is 79.0 Å². The zero-order chi connectivity index (χ0) is 46.3. The second kappa shape index (κ2) is 39.6. The summed E-state index contributed by atoms with van der Waals surface area (Å²) in [5.74, 6) is -1.19. The Bertz CT molecular complexity index is 1180. The molecule has 2 fully saturated rings. The van der Waals surface area contributed by atoms with Crippen molar-refractivity contribution in [1.29, 1.82) is 0 Å². The molecule has 0 unspecified atom stereocenters. The number of carbonyl (C=O) groups is 4. The molecule has 64 heavy (non-hydrogen) atoms. The van der Waals surface area contributed by atoms with Crippen LogP contribution in [0.15, 0.2) is 0 Å². The molecule has 0 aromatic rings. The predicted octanol–water partition coefficient (Wildman–Crippen LogP) is -0.0422. The maximum absolute atomic E-state index is 12.5. The summed E-state index contributed by atoms with van der Waals surface area (Å²) in [4.78, 5) is 63.3. The number of likely N-dealkylation sites (N-methyl/N-ethyl adjacent to an activating group) is 2. The average Bonchev–Trinajstić information content (AvgIpc) is 3.29. The Morgan fingerprint density at radius 2 is 0.641 bits per heavy atom. The molecule has 20 heteroatoms. The highest BCUT2D eigenvalue weighted by atomic mass is 16.6. The summed E-state index contributed by atoms with van der Waals surface area (Å²) < 4.78 is 53.1. The first kappa shape index (κ1) is 57.5. The van der Waals surface area contributed by atoms with Crippen LogP contribution in [0.2, 0.25) is 0 Å². The van der Waals surface area contributed by atoms with Crippen LogP contribution in [0.4, 0.5) is 0 Å². The molecule has 0 aromatic heterocycles. The van der Waals surface area contributed by atoms with Crippen LogP contribution >= 0.6 is 0 Å². The Morgan fingerprint density at radius 3 is 0.953 bits per heavy atom. The Labute approximate surface area is 383 Å². The highest BCUT2D eigenvalue weighted by Gasteiger charge is 2.18. The fraction of sp³-hybridized carbons (Fsp3) is 0.909. The molecule has 0 bridgehead atoms. The number of nitrogens with zero attached hydrogens (tertiary/aromatic N) is 6. The Balaban J connectivity index is 1.50. The van der Waals surface area contributed by atoms with E-state index in [1.807, 2.05) is 0 Å². The van der Waals surface area contributed by atoms with E-state index in [9.17, 15) is 19.2 Å². The van der Waals surface area contributed by atoms with E-state index < -0.39 is 0 Å². The molecule has 0 radical (unpaired) electrons. The SMILES string of the molecule is COCCOCCOC(=O)CCN(CCCN1CCN(C)CC1)CCC(=O)OCCOCCOCCOCCOC(=O)CCN(CCCN1CCN(C)CC1)CCC(=O)OCCOC. The molecule has 2 rings (SSSR count). The molecule has 0 saturated carbocycles. The molecule has 2 heterocycles. The summed E-state index contributed by atoms with van der Waals surface area (Å²) in [6, 6.07) is 0. The van der Waals surface area contributed by atoms with Crippen LogP contribution < -0.4 is 0 Å². The van der Waals surface area contributed by atoms with Gasteiger partial charge in [0.25, 0.3) is 0 Å². The van der Waals surface area contributed by atoms with Gasteiger partial charge in [0.1, 0.15) is 26.4 Å². The molecule has 0 atom stereocenters. The monoisotopic (exact) mass is 921 g/mol. The van der Waals surface area contributed by atoms with Crippen LogP contribution in [0.25, 0.3) is 0 Å². The highest BCUT2D eigenvalue weighted by Crippen LogP contribution is 2.06. The third-order valence-electron chi connectivity index (χ3n) is 10.8. The van der Waals surface area contributed by atoms with Gasteiger partial charge >= 0.3 is 23.9 Å². The van der Waals surface area contributed by atoms with E-state index in [2.05, 4.69) is 43.5 Å².